The molecule has 0 radical (unpaired) electrons. The highest BCUT2D eigenvalue weighted by atomic mass is 31.2. The molecule has 1 aromatic heterocycles. The monoisotopic (exact) mass is 699 g/mol. The Morgan fingerprint density at radius 2 is 1.77 bits per heavy atom. The number of rotatable bonds is 16. The largest absolute Gasteiger partial charge is 0.491 e. The molecule has 0 spiro atoms. The van der Waals surface area contributed by atoms with Crippen molar-refractivity contribution in [3.63, 3.8) is 0 Å². The van der Waals surface area contributed by atoms with E-state index in [0.29, 0.717) is 0 Å². The molecule has 1 fully saturated rings. The third-order valence-electron chi connectivity index (χ3n) is 6.87. The maximum absolute atomic E-state index is 14.5. The fraction of sp³-hybridized carbons (Fsp3) is 0.387. The first-order valence-corrected chi connectivity index (χ1v) is 16.3. The van der Waals surface area contributed by atoms with Gasteiger partial charge in [-0.05, 0) is 75.2 Å². The van der Waals surface area contributed by atoms with Crippen molar-refractivity contribution in [2.24, 2.45) is 5.73 Å². The lowest BCUT2D eigenvalue weighted by molar-refractivity contribution is -0.149. The van der Waals surface area contributed by atoms with Gasteiger partial charge >= 0.3 is 14.0 Å². The first-order valence-electron chi connectivity index (χ1n) is 14.8. The van der Waals surface area contributed by atoms with Crippen molar-refractivity contribution in [2.75, 3.05) is 19.8 Å². The summed E-state index contributed by atoms with van der Waals surface area (Å²) in [5.41, 5.74) is 4.99. The van der Waals surface area contributed by atoms with Gasteiger partial charge in [-0.25, -0.2) is 13.9 Å². The van der Waals surface area contributed by atoms with Gasteiger partial charge in [0.05, 0.1) is 24.8 Å². The fourth-order valence-corrected chi connectivity index (χ4v) is 5.13. The average Bonchev–Trinajstić information content (AvgIpc) is 3.80. The van der Waals surface area contributed by atoms with E-state index in [1.807, 2.05) is 0 Å². The van der Waals surface area contributed by atoms with Crippen LogP contribution in [0.25, 0.3) is 11.3 Å². The van der Waals surface area contributed by atoms with Gasteiger partial charge in [-0.15, -0.1) is 0 Å². The molecule has 1 aliphatic carbocycles. The van der Waals surface area contributed by atoms with E-state index in [9.17, 15) is 31.7 Å². The third-order valence-corrected chi connectivity index (χ3v) is 7.51. The van der Waals surface area contributed by atoms with E-state index >= 15 is 0 Å². The molecule has 3 aromatic rings. The fourth-order valence-electron chi connectivity index (χ4n) is 4.60. The number of nitrogens with two attached hydrogens (primary N) is 1. The van der Waals surface area contributed by atoms with E-state index in [2.05, 4.69) is 14.8 Å². The highest BCUT2D eigenvalue weighted by Crippen LogP contribution is 2.41. The van der Waals surface area contributed by atoms with E-state index in [1.165, 1.54) is 37.3 Å². The van der Waals surface area contributed by atoms with Gasteiger partial charge in [0.2, 0.25) is 5.91 Å². The molecule has 12 nitrogen and oxygen atoms in total. The molecule has 2 atom stereocenters. The number of hydrogen-bond acceptors (Lipinski definition) is 8. The van der Waals surface area contributed by atoms with Crippen LogP contribution in [0.4, 0.5) is 17.6 Å². The van der Waals surface area contributed by atoms with Gasteiger partial charge in [-0.2, -0.15) is 13.2 Å². The number of nitrogens with zero attached hydrogens (tertiary/aromatic N) is 1. The van der Waals surface area contributed by atoms with E-state index in [1.54, 1.807) is 6.92 Å². The Bertz CT molecular complexity index is 1660. The minimum Gasteiger partial charge on any atom is -0.491 e. The number of phosphoric ester groups is 1. The molecule has 1 heterocycles. The molecule has 48 heavy (non-hydrogen) atoms. The lowest BCUT2D eigenvalue weighted by Gasteiger charge is -2.23. The first kappa shape index (κ1) is 36.6. The number of phosphoric acid groups is 1. The Labute approximate surface area is 272 Å². The number of carbonyl (C=O) groups excluding carboxylic acids is 2. The Morgan fingerprint density at radius 3 is 2.35 bits per heavy atom. The molecule has 4 rings (SSSR count). The van der Waals surface area contributed by atoms with Crippen LogP contribution in [0.2, 0.25) is 0 Å². The highest BCUT2D eigenvalue weighted by molar-refractivity contribution is 7.46. The van der Waals surface area contributed by atoms with Crippen LogP contribution < -0.4 is 25.3 Å². The summed E-state index contributed by atoms with van der Waals surface area (Å²) in [5, 5.41) is 2.29. The van der Waals surface area contributed by atoms with Crippen molar-refractivity contribution >= 4 is 19.6 Å². The minimum absolute atomic E-state index is 0.0183. The molecule has 0 unspecified atom stereocenters. The number of amides is 2. The van der Waals surface area contributed by atoms with Crippen molar-refractivity contribution in [1.82, 2.24) is 10.3 Å². The zero-order chi connectivity index (χ0) is 35.2. The zero-order valence-corrected chi connectivity index (χ0v) is 26.7. The lowest BCUT2D eigenvalue weighted by Crippen LogP contribution is -2.35. The number of pyridine rings is 1. The molecular weight excluding hydrogens is 665 g/mol. The van der Waals surface area contributed by atoms with Crippen LogP contribution >= 0.6 is 7.82 Å². The molecule has 2 aromatic carbocycles. The van der Waals surface area contributed by atoms with Gasteiger partial charge in [-0.1, -0.05) is 0 Å². The number of alkyl halides is 3. The summed E-state index contributed by atoms with van der Waals surface area (Å²) >= 11 is 0. The number of carbonyl (C=O) groups is 2. The number of halogens is 4. The SMILES string of the molecule is CCOc1c(CC(N)=O)cc([C@@H](CNC(=O)c2ccc(OC[C@@H](C)OP(=O)(O)O)c(OC3CC3)c2)C(F)(F)F)nc1-c1ccc(F)cc1. The molecule has 5 N–H and O–H groups in total. The second-order valence-corrected chi connectivity index (χ2v) is 12.2. The molecule has 0 saturated heterocycles. The predicted molar refractivity (Wildman–Crippen MR) is 163 cm³/mol. The number of hydrogen-bond donors (Lipinski definition) is 4. The minimum atomic E-state index is -4.92. The summed E-state index contributed by atoms with van der Waals surface area (Å²) in [4.78, 5) is 47.2. The normalized spacial score (nSPS) is 14.6. The Balaban J connectivity index is 1.62. The van der Waals surface area contributed by atoms with Gasteiger partial charge in [0, 0.05) is 23.2 Å². The summed E-state index contributed by atoms with van der Waals surface area (Å²) in [6.07, 6.45) is -5.11. The summed E-state index contributed by atoms with van der Waals surface area (Å²) < 4.78 is 90.0. The number of benzene rings is 2. The quantitative estimate of drug-likeness (QED) is 0.120. The third kappa shape index (κ3) is 10.4. The van der Waals surface area contributed by atoms with Crippen molar-refractivity contribution in [3.05, 3.63) is 71.2 Å². The predicted octanol–water partition coefficient (Wildman–Crippen LogP) is 4.81. The highest BCUT2D eigenvalue weighted by Gasteiger charge is 2.43. The molecule has 17 heteroatoms. The van der Waals surface area contributed by atoms with Crippen LogP contribution in [0.15, 0.2) is 48.5 Å². The maximum atomic E-state index is 14.5. The number of ether oxygens (including phenoxy) is 3. The Hall–Kier alpha value is -4.24. The van der Waals surface area contributed by atoms with E-state index < -0.39 is 62.3 Å². The van der Waals surface area contributed by atoms with Gasteiger partial charge in [0.1, 0.15) is 35.9 Å². The molecule has 1 aliphatic rings. The molecule has 0 aliphatic heterocycles. The lowest BCUT2D eigenvalue weighted by atomic mass is 9.97. The summed E-state index contributed by atoms with van der Waals surface area (Å²) in [7, 11) is -4.76. The van der Waals surface area contributed by atoms with Gasteiger partial charge in [-0.3, -0.25) is 14.1 Å². The molecule has 1 saturated carbocycles. The van der Waals surface area contributed by atoms with Crippen LogP contribution in [0, 0.1) is 5.82 Å². The van der Waals surface area contributed by atoms with Gasteiger partial charge < -0.3 is 35.0 Å². The second kappa shape index (κ2) is 15.3. The van der Waals surface area contributed by atoms with Crippen LogP contribution in [-0.2, 0) is 20.3 Å². The molecular formula is C31H34F4N3O9P. The van der Waals surface area contributed by atoms with Crippen molar-refractivity contribution < 1.29 is 60.2 Å². The van der Waals surface area contributed by atoms with Gasteiger partial charge in [0.15, 0.2) is 11.5 Å². The summed E-state index contributed by atoms with van der Waals surface area (Å²) in [5.74, 6) is -4.40. The van der Waals surface area contributed by atoms with E-state index in [-0.39, 0.29) is 59.0 Å². The zero-order valence-electron chi connectivity index (χ0n) is 25.8. The average molecular weight is 700 g/mol. The molecule has 260 valence electrons. The van der Waals surface area contributed by atoms with E-state index in [4.69, 9.17) is 29.7 Å². The number of nitrogens with one attached hydrogen (secondary N) is 1. The molecule has 2 amide bonds. The topological polar surface area (TPSA) is 180 Å². The number of aromatic nitrogens is 1. The van der Waals surface area contributed by atoms with Crippen molar-refractivity contribution in [3.8, 4) is 28.5 Å². The van der Waals surface area contributed by atoms with Crippen molar-refractivity contribution in [2.45, 2.75) is 57.4 Å². The first-order chi connectivity index (χ1) is 22.5. The smallest absolute Gasteiger partial charge is 0.469 e. The maximum Gasteiger partial charge on any atom is 0.469 e. The summed E-state index contributed by atoms with van der Waals surface area (Å²) in [6, 6.07) is 9.78. The molecule has 0 bridgehead atoms. The van der Waals surface area contributed by atoms with Gasteiger partial charge in [0.25, 0.3) is 5.91 Å². The Morgan fingerprint density at radius 1 is 1.08 bits per heavy atom. The Kier molecular flexibility index (Phi) is 11.7. The number of primary amides is 1. The van der Waals surface area contributed by atoms with Crippen LogP contribution in [-0.4, -0.2) is 64.7 Å². The van der Waals surface area contributed by atoms with Crippen molar-refractivity contribution in [1.29, 1.82) is 0 Å². The van der Waals surface area contributed by atoms with Crippen LogP contribution in [0.5, 0.6) is 17.2 Å². The van der Waals surface area contributed by atoms with Crippen LogP contribution in [0.1, 0.15) is 54.2 Å². The van der Waals surface area contributed by atoms with Crippen LogP contribution in [0.3, 0.4) is 0 Å². The summed E-state index contributed by atoms with van der Waals surface area (Å²) in [6.45, 7) is 1.86. The second-order valence-electron chi connectivity index (χ2n) is 11.0. The van der Waals surface area contributed by atoms with E-state index in [0.717, 1.165) is 31.0 Å². The standard InChI is InChI=1S/C31H34F4N3O9P/c1-3-44-29-20(14-27(36)39)12-24(38-28(29)18-4-7-21(32)8-5-18)23(31(33,34)35)15-37-30(40)19-6-11-25(26(13-19)46-22-9-10-22)45-16-17(2)47-48(41,42)43/h4-8,11-13,17,22-23H,3,9-10,14-16H2,1-2H3,(H2,36,39)(H,37,40)(H2,41,42,43)/t17-,23-/m1/s1.